The number of hydrogen-bond donors (Lipinski definition) is 3. The Hall–Kier alpha value is -3.63. The summed E-state index contributed by atoms with van der Waals surface area (Å²) in [7, 11) is 0. The molecule has 2 aliphatic heterocycles. The zero-order valence-electron chi connectivity index (χ0n) is 24.3. The number of piperazine rings is 1. The third kappa shape index (κ3) is 6.82. The molecule has 2 unspecified atom stereocenters. The minimum Gasteiger partial charge on any atom is -0.403 e. The Morgan fingerprint density at radius 1 is 1.18 bits per heavy atom. The van der Waals surface area contributed by atoms with Gasteiger partial charge in [0, 0.05) is 71.6 Å². The van der Waals surface area contributed by atoms with Gasteiger partial charge in [-0.3, -0.25) is 15.2 Å². The number of halogens is 6. The van der Waals surface area contributed by atoms with Gasteiger partial charge in [0.2, 0.25) is 5.91 Å². The van der Waals surface area contributed by atoms with Crippen molar-refractivity contribution in [1.29, 1.82) is 0 Å². The van der Waals surface area contributed by atoms with E-state index in [0.717, 1.165) is 23.9 Å². The number of hydrazine groups is 1. The van der Waals surface area contributed by atoms with Crippen molar-refractivity contribution in [2.24, 2.45) is 11.6 Å². The van der Waals surface area contributed by atoms with Gasteiger partial charge in [0.1, 0.15) is 17.5 Å². The topological polar surface area (TPSA) is 123 Å². The lowest BCUT2D eigenvalue weighted by molar-refractivity contribution is -0.137. The number of benzene rings is 2. The highest BCUT2D eigenvalue weighted by Gasteiger charge is 2.40. The number of carbonyl (C=O) groups is 1. The van der Waals surface area contributed by atoms with Crippen molar-refractivity contribution in [3.63, 3.8) is 0 Å². The number of rotatable bonds is 4. The number of hydrogen-bond acceptors (Lipinski definition) is 8. The first kappa shape index (κ1) is 34.2. The predicted molar refractivity (Wildman–Crippen MR) is 168 cm³/mol. The van der Waals surface area contributed by atoms with Gasteiger partial charge in [-0.25, -0.2) is 13.6 Å². The lowest BCUT2D eigenvalue weighted by Gasteiger charge is -2.44. The zero-order valence-corrected chi connectivity index (χ0v) is 26.7. The Morgan fingerprint density at radius 3 is 2.40 bits per heavy atom. The molecule has 5 N–H and O–H groups in total. The molecule has 3 aromatic rings. The van der Waals surface area contributed by atoms with E-state index in [2.05, 4.69) is 32.9 Å². The minimum atomic E-state index is -4.91. The van der Waals surface area contributed by atoms with Gasteiger partial charge in [-0.05, 0) is 60.2 Å². The monoisotopic (exact) mass is 715 g/mol. The molecule has 242 valence electrons. The molecule has 0 bridgehead atoms. The molecule has 0 spiro atoms. The maximum absolute atomic E-state index is 15.1. The number of amides is 1. The molecule has 2 atom stereocenters. The highest BCUT2D eigenvalue weighted by Crippen LogP contribution is 2.49. The molecular weight excluding hydrogens is 685 g/mol. The van der Waals surface area contributed by atoms with Gasteiger partial charge in [0.15, 0.2) is 0 Å². The molecule has 1 fully saturated rings. The smallest absolute Gasteiger partial charge is 0.403 e. The third-order valence-electron chi connectivity index (χ3n) is 7.40. The molecule has 1 amide bonds. The second-order valence-electron chi connectivity index (χ2n) is 10.4. The number of aryl methyl sites for hydroxylation is 1. The Balaban J connectivity index is 0.000000854. The van der Waals surface area contributed by atoms with Crippen LogP contribution in [0.2, 0.25) is 0 Å². The number of thioether (sulfide) groups is 1. The van der Waals surface area contributed by atoms with Gasteiger partial charge >= 0.3 is 11.9 Å². The Labute approximate surface area is 268 Å². The van der Waals surface area contributed by atoms with Gasteiger partial charge in [0.25, 0.3) is 0 Å². The van der Waals surface area contributed by atoms with E-state index in [9.17, 15) is 27.2 Å². The summed E-state index contributed by atoms with van der Waals surface area (Å²) in [6.07, 6.45) is -0.475. The SMILES string of the molecule is C=CC(=O)N1C(C)CN(c2nc(=O)n3c4c(c(-c5cc(Br)c(F)cc5F)c(C(F)(F)F)cc24)SCCC3)CC1C.N/C=C\NN. The second kappa shape index (κ2) is 13.8. The van der Waals surface area contributed by atoms with Crippen molar-refractivity contribution in [2.45, 2.75) is 50.0 Å². The number of nitrogens with one attached hydrogen (secondary N) is 1. The molecule has 2 aromatic carbocycles. The quantitative estimate of drug-likeness (QED) is 0.112. The van der Waals surface area contributed by atoms with Crippen LogP contribution in [0.25, 0.3) is 22.0 Å². The van der Waals surface area contributed by atoms with Gasteiger partial charge in [-0.2, -0.15) is 18.2 Å². The molecule has 1 saturated heterocycles. The molecule has 1 aromatic heterocycles. The number of alkyl halides is 3. The normalized spacial score (nSPS) is 18.4. The van der Waals surface area contributed by atoms with Gasteiger partial charge in [-0.15, -0.1) is 11.8 Å². The van der Waals surface area contributed by atoms with Crippen molar-refractivity contribution >= 4 is 50.3 Å². The second-order valence-corrected chi connectivity index (χ2v) is 12.4. The molecule has 0 radical (unpaired) electrons. The fourth-order valence-electron chi connectivity index (χ4n) is 5.68. The number of carbonyl (C=O) groups excluding carboxylic acids is 1. The van der Waals surface area contributed by atoms with Crippen LogP contribution in [-0.4, -0.2) is 51.3 Å². The van der Waals surface area contributed by atoms with E-state index in [0.29, 0.717) is 18.2 Å². The molecule has 45 heavy (non-hydrogen) atoms. The van der Waals surface area contributed by atoms with Crippen LogP contribution in [0.4, 0.5) is 27.8 Å². The van der Waals surface area contributed by atoms with Crippen molar-refractivity contribution in [3.05, 3.63) is 75.4 Å². The van der Waals surface area contributed by atoms with E-state index < -0.39 is 40.2 Å². The lowest BCUT2D eigenvalue weighted by atomic mass is 9.95. The van der Waals surface area contributed by atoms with E-state index >= 15 is 4.39 Å². The number of nitrogens with two attached hydrogens (primary N) is 2. The summed E-state index contributed by atoms with van der Waals surface area (Å²) in [4.78, 5) is 33.4. The van der Waals surface area contributed by atoms with Crippen molar-refractivity contribution in [2.75, 3.05) is 23.7 Å². The van der Waals surface area contributed by atoms with E-state index in [1.165, 1.54) is 23.0 Å². The first-order chi connectivity index (χ1) is 21.2. The summed E-state index contributed by atoms with van der Waals surface area (Å²) in [5.41, 5.74) is 4.63. The summed E-state index contributed by atoms with van der Waals surface area (Å²) in [5.74, 6) is 2.80. The number of anilines is 1. The largest absolute Gasteiger partial charge is 0.417 e. The molecule has 3 heterocycles. The fourth-order valence-corrected chi connectivity index (χ4v) is 7.22. The zero-order chi connectivity index (χ0) is 33.2. The first-order valence-electron chi connectivity index (χ1n) is 13.7. The number of nitrogens with zero attached hydrogens (tertiary/aromatic N) is 4. The van der Waals surface area contributed by atoms with E-state index in [1.54, 1.807) is 23.6 Å². The van der Waals surface area contributed by atoms with Crippen LogP contribution >= 0.6 is 27.7 Å². The third-order valence-corrected chi connectivity index (χ3v) is 9.18. The Bertz CT molecular complexity index is 1700. The summed E-state index contributed by atoms with van der Waals surface area (Å²) in [6.45, 7) is 7.81. The lowest BCUT2D eigenvalue weighted by Crippen LogP contribution is -2.58. The summed E-state index contributed by atoms with van der Waals surface area (Å²) < 4.78 is 74.4. The van der Waals surface area contributed by atoms with Crippen LogP contribution in [0.1, 0.15) is 25.8 Å². The maximum Gasteiger partial charge on any atom is 0.417 e. The maximum atomic E-state index is 15.1. The van der Waals surface area contributed by atoms with Gasteiger partial charge in [0.05, 0.1) is 15.6 Å². The minimum absolute atomic E-state index is 0.0715. The molecule has 2 aliphatic rings. The molecular formula is C29H31BrF5N7O2S. The summed E-state index contributed by atoms with van der Waals surface area (Å²) in [5, 5.41) is 0.101. The van der Waals surface area contributed by atoms with E-state index in [1.807, 2.05) is 0 Å². The van der Waals surface area contributed by atoms with Crippen LogP contribution in [0.3, 0.4) is 0 Å². The van der Waals surface area contributed by atoms with Crippen LogP contribution < -0.4 is 27.6 Å². The van der Waals surface area contributed by atoms with Gasteiger partial charge in [-0.1, -0.05) is 6.58 Å². The molecule has 16 heteroatoms. The molecule has 0 saturated carbocycles. The Kier molecular flexibility index (Phi) is 10.5. The van der Waals surface area contributed by atoms with Gasteiger partial charge < -0.3 is 21.0 Å². The summed E-state index contributed by atoms with van der Waals surface area (Å²) in [6, 6.07) is 1.75. The van der Waals surface area contributed by atoms with Crippen molar-refractivity contribution < 1.29 is 26.7 Å². The van der Waals surface area contributed by atoms with Crippen molar-refractivity contribution in [3.8, 4) is 11.1 Å². The number of aromatic nitrogens is 2. The highest BCUT2D eigenvalue weighted by molar-refractivity contribution is 9.10. The van der Waals surface area contributed by atoms with Crippen LogP contribution in [0.5, 0.6) is 0 Å². The first-order valence-corrected chi connectivity index (χ1v) is 15.5. The highest BCUT2D eigenvalue weighted by atomic mass is 79.9. The van der Waals surface area contributed by atoms with E-state index in [4.69, 9.17) is 11.6 Å². The van der Waals surface area contributed by atoms with Crippen molar-refractivity contribution in [1.82, 2.24) is 19.9 Å². The Morgan fingerprint density at radius 2 is 1.84 bits per heavy atom. The average molecular weight is 717 g/mol. The molecule has 0 aliphatic carbocycles. The fraction of sp³-hybridized carbons (Fsp3) is 0.345. The molecule has 9 nitrogen and oxygen atoms in total. The molecule has 5 rings (SSSR count). The average Bonchev–Trinajstić information content (AvgIpc) is 3.20. The van der Waals surface area contributed by atoms with Crippen LogP contribution in [0.15, 0.2) is 57.4 Å². The van der Waals surface area contributed by atoms with Crippen LogP contribution in [-0.2, 0) is 17.5 Å². The standard InChI is InChI=1S/C27H24BrF5N4O2S.C2H7N3/c1-4-21(38)37-13(2)11-35(12-14(37)3)25-16-8-17(27(31,32)33)22(15-9-18(28)20(30)10-19(15)29)24-23(16)36(26(39)34-25)6-5-7-40-24;3-1-2-5-4/h4,8-10,13-14H,1,5-7,11-12H2,2-3H3;1-2,5H,3-4H2/b;2-1-. The van der Waals surface area contributed by atoms with E-state index in [-0.39, 0.29) is 63.7 Å². The summed E-state index contributed by atoms with van der Waals surface area (Å²) >= 11 is 4.06. The predicted octanol–water partition coefficient (Wildman–Crippen LogP) is 5.11. The van der Waals surface area contributed by atoms with Crippen LogP contribution in [0, 0.1) is 11.6 Å².